The fourth-order valence-electron chi connectivity index (χ4n) is 1.31. The van der Waals surface area contributed by atoms with E-state index in [1.54, 1.807) is 12.4 Å². The van der Waals surface area contributed by atoms with Crippen LogP contribution in [0.1, 0.15) is 0 Å². The second-order valence-corrected chi connectivity index (χ2v) is 3.47. The van der Waals surface area contributed by atoms with Crippen molar-refractivity contribution in [3.8, 4) is 0 Å². The Kier molecular flexibility index (Phi) is 3.18. The number of rotatable bonds is 2. The van der Waals surface area contributed by atoms with E-state index in [0.29, 0.717) is 5.02 Å². The lowest BCUT2D eigenvalue weighted by Gasteiger charge is -2.28. The van der Waals surface area contributed by atoms with Gasteiger partial charge in [0.05, 0.1) is 23.9 Å². The van der Waals surface area contributed by atoms with E-state index in [-0.39, 0.29) is 0 Å². The van der Waals surface area contributed by atoms with Gasteiger partial charge in [0.1, 0.15) is 0 Å². The maximum Gasteiger partial charge on any atom is 0.0833 e. The molecule has 0 unspecified atom stereocenters. The van der Waals surface area contributed by atoms with Crippen LogP contribution in [0.2, 0.25) is 5.02 Å². The molecule has 1 aliphatic heterocycles. The predicted octanol–water partition coefficient (Wildman–Crippen LogP) is 1.39. The third kappa shape index (κ3) is 2.35. The summed E-state index contributed by atoms with van der Waals surface area (Å²) in [5.41, 5.74) is 4.12. The molecule has 0 amide bonds. The van der Waals surface area contributed by atoms with Gasteiger partial charge in [0.15, 0.2) is 0 Å². The van der Waals surface area contributed by atoms with Gasteiger partial charge >= 0.3 is 0 Å². The molecule has 1 N–H and O–H groups in total. The lowest BCUT2D eigenvalue weighted by molar-refractivity contribution is 0.0497. The lowest BCUT2D eigenvalue weighted by atomic mass is 10.4. The minimum absolute atomic E-state index is 0.638. The quantitative estimate of drug-likeness (QED) is 0.806. The molecular weight excluding hydrogens is 202 g/mol. The van der Waals surface area contributed by atoms with Crippen molar-refractivity contribution in [3.05, 3.63) is 23.5 Å². The number of hydrazine groups is 1. The first-order valence-electron chi connectivity index (χ1n) is 4.55. The topological polar surface area (TPSA) is 37.4 Å². The number of morpholine rings is 1. The first-order chi connectivity index (χ1) is 6.86. The van der Waals surface area contributed by atoms with E-state index < -0.39 is 0 Å². The Labute approximate surface area is 87.8 Å². The minimum atomic E-state index is 0.638. The molecule has 0 aliphatic carbocycles. The standard InChI is InChI=1S/C9H12ClN3O/c10-8-7-11-2-1-9(8)12-13-3-5-14-6-4-13/h1-2,7H,3-6H2,(H,11,12). The molecule has 1 aliphatic rings. The Hall–Kier alpha value is -0.840. The highest BCUT2D eigenvalue weighted by molar-refractivity contribution is 6.33. The van der Waals surface area contributed by atoms with E-state index in [1.807, 2.05) is 6.07 Å². The predicted molar refractivity (Wildman–Crippen MR) is 55.3 cm³/mol. The van der Waals surface area contributed by atoms with Gasteiger partial charge in [-0.1, -0.05) is 11.6 Å². The Morgan fingerprint density at radius 2 is 2.21 bits per heavy atom. The highest BCUT2D eigenvalue weighted by Gasteiger charge is 2.10. The Balaban J connectivity index is 1.99. The third-order valence-corrected chi connectivity index (χ3v) is 2.36. The average molecular weight is 214 g/mol. The molecule has 4 nitrogen and oxygen atoms in total. The summed E-state index contributed by atoms with van der Waals surface area (Å²) < 4.78 is 5.24. The second kappa shape index (κ2) is 4.59. The van der Waals surface area contributed by atoms with Crippen molar-refractivity contribution in [2.45, 2.75) is 0 Å². The molecule has 14 heavy (non-hydrogen) atoms. The van der Waals surface area contributed by atoms with Gasteiger partial charge in [-0.05, 0) is 6.07 Å². The zero-order chi connectivity index (χ0) is 9.80. The highest BCUT2D eigenvalue weighted by Crippen LogP contribution is 2.19. The normalized spacial score (nSPS) is 18.1. The van der Waals surface area contributed by atoms with Crippen molar-refractivity contribution < 1.29 is 4.74 Å². The maximum absolute atomic E-state index is 5.96. The van der Waals surface area contributed by atoms with Crippen LogP contribution < -0.4 is 5.43 Å². The summed E-state index contributed by atoms with van der Waals surface area (Å²) in [5.74, 6) is 0. The number of nitrogens with zero attached hydrogens (tertiary/aromatic N) is 2. The first-order valence-corrected chi connectivity index (χ1v) is 4.93. The smallest absolute Gasteiger partial charge is 0.0833 e. The summed E-state index contributed by atoms with van der Waals surface area (Å²) in [6.07, 6.45) is 3.35. The summed E-state index contributed by atoms with van der Waals surface area (Å²) in [6, 6.07) is 1.86. The van der Waals surface area contributed by atoms with Crippen molar-refractivity contribution in [1.82, 2.24) is 9.99 Å². The van der Waals surface area contributed by atoms with Gasteiger partial charge in [0, 0.05) is 25.5 Å². The molecule has 1 aromatic rings. The highest BCUT2D eigenvalue weighted by atomic mass is 35.5. The number of pyridine rings is 1. The van der Waals surface area contributed by atoms with Crippen molar-refractivity contribution in [2.24, 2.45) is 0 Å². The van der Waals surface area contributed by atoms with Crippen LogP contribution in [0, 0.1) is 0 Å². The Morgan fingerprint density at radius 1 is 1.43 bits per heavy atom. The summed E-state index contributed by atoms with van der Waals surface area (Å²) in [6.45, 7) is 3.27. The van der Waals surface area contributed by atoms with Crippen LogP contribution >= 0.6 is 11.6 Å². The van der Waals surface area contributed by atoms with Crippen LogP contribution in [0.25, 0.3) is 0 Å². The molecule has 1 aromatic heterocycles. The van der Waals surface area contributed by atoms with Gasteiger partial charge in [-0.2, -0.15) is 0 Å². The molecule has 1 saturated heterocycles. The van der Waals surface area contributed by atoms with Gasteiger partial charge in [0.2, 0.25) is 0 Å². The monoisotopic (exact) mass is 213 g/mol. The summed E-state index contributed by atoms with van der Waals surface area (Å²) in [7, 11) is 0. The molecule has 2 rings (SSSR count). The molecule has 0 saturated carbocycles. The van der Waals surface area contributed by atoms with Crippen LogP contribution in [0.15, 0.2) is 18.5 Å². The van der Waals surface area contributed by atoms with E-state index in [2.05, 4.69) is 15.4 Å². The van der Waals surface area contributed by atoms with Crippen molar-refractivity contribution in [2.75, 3.05) is 31.7 Å². The second-order valence-electron chi connectivity index (χ2n) is 3.07. The van der Waals surface area contributed by atoms with Gasteiger partial charge < -0.3 is 10.2 Å². The Bertz CT molecular complexity index is 302. The molecule has 0 radical (unpaired) electrons. The van der Waals surface area contributed by atoms with Crippen LogP contribution in [0.4, 0.5) is 5.69 Å². The lowest BCUT2D eigenvalue weighted by Crippen LogP contribution is -2.40. The fraction of sp³-hybridized carbons (Fsp3) is 0.444. The molecule has 0 atom stereocenters. The number of hydrogen-bond donors (Lipinski definition) is 1. The molecule has 5 heteroatoms. The zero-order valence-corrected chi connectivity index (χ0v) is 8.50. The van der Waals surface area contributed by atoms with Gasteiger partial charge in [-0.3, -0.25) is 4.98 Å². The Morgan fingerprint density at radius 3 is 2.93 bits per heavy atom. The number of anilines is 1. The first kappa shape index (κ1) is 9.71. The largest absolute Gasteiger partial charge is 0.379 e. The van der Waals surface area contributed by atoms with Gasteiger partial charge in [0.25, 0.3) is 0 Å². The number of hydrogen-bond acceptors (Lipinski definition) is 4. The minimum Gasteiger partial charge on any atom is -0.379 e. The number of ether oxygens (including phenoxy) is 1. The molecule has 2 heterocycles. The van der Waals surface area contributed by atoms with Crippen molar-refractivity contribution >= 4 is 17.3 Å². The van der Waals surface area contributed by atoms with Crippen LogP contribution in [0.3, 0.4) is 0 Å². The number of aromatic nitrogens is 1. The van der Waals surface area contributed by atoms with Gasteiger partial charge in [-0.15, -0.1) is 0 Å². The van der Waals surface area contributed by atoms with Gasteiger partial charge in [-0.25, -0.2) is 5.01 Å². The van der Waals surface area contributed by atoms with Crippen molar-refractivity contribution in [3.63, 3.8) is 0 Å². The zero-order valence-electron chi connectivity index (χ0n) is 7.74. The van der Waals surface area contributed by atoms with Crippen molar-refractivity contribution in [1.29, 1.82) is 0 Å². The molecule has 0 aromatic carbocycles. The fourth-order valence-corrected chi connectivity index (χ4v) is 1.47. The van der Waals surface area contributed by atoms with E-state index in [1.165, 1.54) is 0 Å². The van der Waals surface area contributed by atoms with E-state index in [9.17, 15) is 0 Å². The third-order valence-electron chi connectivity index (χ3n) is 2.06. The van der Waals surface area contributed by atoms with Crippen LogP contribution in [-0.4, -0.2) is 36.3 Å². The average Bonchev–Trinajstić information content (AvgIpc) is 2.23. The molecular formula is C9H12ClN3O. The van der Waals surface area contributed by atoms with Crippen LogP contribution in [0.5, 0.6) is 0 Å². The summed E-state index contributed by atoms with van der Waals surface area (Å²) >= 11 is 5.96. The summed E-state index contributed by atoms with van der Waals surface area (Å²) in [5, 5.41) is 2.73. The molecule has 76 valence electrons. The van der Waals surface area contributed by atoms with E-state index in [4.69, 9.17) is 16.3 Å². The molecule has 0 spiro atoms. The summed E-state index contributed by atoms with van der Waals surface area (Å²) in [4.78, 5) is 3.92. The number of halogens is 1. The molecule has 1 fully saturated rings. The SMILES string of the molecule is Clc1cnccc1NN1CCOCC1. The number of nitrogens with one attached hydrogen (secondary N) is 1. The van der Waals surface area contributed by atoms with E-state index in [0.717, 1.165) is 32.0 Å². The maximum atomic E-state index is 5.96. The van der Waals surface area contributed by atoms with E-state index >= 15 is 0 Å². The molecule has 0 bridgehead atoms. The van der Waals surface area contributed by atoms with Crippen LogP contribution in [-0.2, 0) is 4.74 Å².